The summed E-state index contributed by atoms with van der Waals surface area (Å²) >= 11 is 0. The minimum absolute atomic E-state index is 0.397. The van der Waals surface area contributed by atoms with Crippen molar-refractivity contribution in [3.63, 3.8) is 0 Å². The number of benzene rings is 2. The SMILES string of the molecule is O=C1Nc2ccccc2NC(c2ccccc2)C1O. The van der Waals surface area contributed by atoms with Crippen LogP contribution in [0.1, 0.15) is 11.6 Å². The molecule has 0 aliphatic carbocycles. The van der Waals surface area contributed by atoms with Crippen LogP contribution in [0.3, 0.4) is 0 Å². The zero-order valence-corrected chi connectivity index (χ0v) is 10.2. The van der Waals surface area contributed by atoms with Gasteiger partial charge in [0, 0.05) is 0 Å². The number of carbonyl (C=O) groups excluding carboxylic acids is 1. The molecule has 96 valence electrons. The highest BCUT2D eigenvalue weighted by atomic mass is 16.3. The van der Waals surface area contributed by atoms with Gasteiger partial charge in [0.1, 0.15) is 0 Å². The number of aliphatic hydroxyl groups excluding tert-OH is 1. The smallest absolute Gasteiger partial charge is 0.255 e. The van der Waals surface area contributed by atoms with E-state index < -0.39 is 18.1 Å². The van der Waals surface area contributed by atoms with Crippen molar-refractivity contribution < 1.29 is 9.90 Å². The van der Waals surface area contributed by atoms with Gasteiger partial charge in [0.15, 0.2) is 6.10 Å². The first-order chi connectivity index (χ1) is 9.25. The van der Waals surface area contributed by atoms with E-state index in [1.165, 1.54) is 0 Å². The van der Waals surface area contributed by atoms with Crippen molar-refractivity contribution in [2.45, 2.75) is 12.1 Å². The molecule has 0 saturated carbocycles. The molecule has 3 rings (SSSR count). The van der Waals surface area contributed by atoms with E-state index in [1.807, 2.05) is 48.5 Å². The number of para-hydroxylation sites is 2. The first-order valence-electron chi connectivity index (χ1n) is 6.15. The van der Waals surface area contributed by atoms with Gasteiger partial charge < -0.3 is 15.7 Å². The summed E-state index contributed by atoms with van der Waals surface area (Å²) in [4.78, 5) is 12.0. The van der Waals surface area contributed by atoms with E-state index in [-0.39, 0.29) is 0 Å². The fraction of sp³-hybridized carbons (Fsp3) is 0.133. The molecule has 1 aliphatic rings. The van der Waals surface area contributed by atoms with E-state index in [4.69, 9.17) is 0 Å². The lowest BCUT2D eigenvalue weighted by atomic mass is 10.0. The Labute approximate surface area is 111 Å². The van der Waals surface area contributed by atoms with E-state index in [2.05, 4.69) is 10.6 Å². The monoisotopic (exact) mass is 254 g/mol. The number of hydrogen-bond donors (Lipinski definition) is 3. The fourth-order valence-electron chi connectivity index (χ4n) is 2.25. The molecule has 4 heteroatoms. The number of carbonyl (C=O) groups is 1. The minimum Gasteiger partial charge on any atom is -0.381 e. The lowest BCUT2D eigenvalue weighted by Gasteiger charge is -2.21. The molecule has 2 aromatic carbocycles. The van der Waals surface area contributed by atoms with Gasteiger partial charge >= 0.3 is 0 Å². The van der Waals surface area contributed by atoms with Crippen LogP contribution in [-0.2, 0) is 4.79 Å². The van der Waals surface area contributed by atoms with Crippen molar-refractivity contribution in [1.29, 1.82) is 0 Å². The van der Waals surface area contributed by atoms with Gasteiger partial charge in [-0.2, -0.15) is 0 Å². The lowest BCUT2D eigenvalue weighted by molar-refractivity contribution is -0.124. The van der Waals surface area contributed by atoms with Gasteiger partial charge in [-0.25, -0.2) is 0 Å². The molecule has 0 radical (unpaired) electrons. The molecule has 0 fully saturated rings. The summed E-state index contributed by atoms with van der Waals surface area (Å²) in [6.45, 7) is 0. The Bertz CT molecular complexity index is 598. The Morgan fingerprint density at radius 1 is 0.895 bits per heavy atom. The third kappa shape index (κ3) is 2.18. The maximum absolute atomic E-state index is 12.0. The second-order valence-electron chi connectivity index (χ2n) is 4.51. The predicted octanol–water partition coefficient (Wildman–Crippen LogP) is 2.15. The Kier molecular flexibility index (Phi) is 2.93. The van der Waals surface area contributed by atoms with E-state index in [9.17, 15) is 9.90 Å². The fourth-order valence-corrected chi connectivity index (χ4v) is 2.25. The molecule has 3 N–H and O–H groups in total. The maximum atomic E-state index is 12.0. The molecule has 1 aliphatic heterocycles. The largest absolute Gasteiger partial charge is 0.381 e. The first kappa shape index (κ1) is 11.7. The van der Waals surface area contributed by atoms with Crippen LogP contribution in [0.2, 0.25) is 0 Å². The number of aliphatic hydroxyl groups is 1. The predicted molar refractivity (Wildman–Crippen MR) is 73.9 cm³/mol. The molecule has 0 bridgehead atoms. The van der Waals surface area contributed by atoms with Gasteiger partial charge in [0.05, 0.1) is 17.4 Å². The number of hydrogen-bond acceptors (Lipinski definition) is 3. The number of nitrogens with one attached hydrogen (secondary N) is 2. The number of anilines is 2. The average molecular weight is 254 g/mol. The van der Waals surface area contributed by atoms with Crippen LogP contribution in [0, 0.1) is 0 Å². The van der Waals surface area contributed by atoms with Crippen molar-refractivity contribution in [2.75, 3.05) is 10.6 Å². The van der Waals surface area contributed by atoms with E-state index in [1.54, 1.807) is 6.07 Å². The van der Waals surface area contributed by atoms with Crippen LogP contribution >= 0.6 is 0 Å². The summed E-state index contributed by atoms with van der Waals surface area (Å²) < 4.78 is 0. The molecular weight excluding hydrogens is 240 g/mol. The van der Waals surface area contributed by atoms with E-state index in [0.29, 0.717) is 5.69 Å². The summed E-state index contributed by atoms with van der Waals surface area (Å²) in [7, 11) is 0. The highest BCUT2D eigenvalue weighted by molar-refractivity contribution is 5.99. The maximum Gasteiger partial charge on any atom is 0.255 e. The van der Waals surface area contributed by atoms with Crippen LogP contribution in [0.5, 0.6) is 0 Å². The average Bonchev–Trinajstić information content (AvgIpc) is 2.58. The van der Waals surface area contributed by atoms with Crippen LogP contribution in [0.25, 0.3) is 0 Å². The van der Waals surface area contributed by atoms with E-state index in [0.717, 1.165) is 11.3 Å². The second-order valence-corrected chi connectivity index (χ2v) is 4.51. The van der Waals surface area contributed by atoms with Gasteiger partial charge in [0.2, 0.25) is 0 Å². The van der Waals surface area contributed by atoms with Crippen molar-refractivity contribution in [1.82, 2.24) is 0 Å². The Hall–Kier alpha value is -2.33. The van der Waals surface area contributed by atoms with Gasteiger partial charge in [-0.1, -0.05) is 42.5 Å². The summed E-state index contributed by atoms with van der Waals surface area (Å²) in [5.74, 6) is -0.397. The molecule has 0 spiro atoms. The number of amides is 1. The zero-order valence-electron chi connectivity index (χ0n) is 10.2. The van der Waals surface area contributed by atoms with Crippen LogP contribution in [0.4, 0.5) is 11.4 Å². The second kappa shape index (κ2) is 4.74. The van der Waals surface area contributed by atoms with Gasteiger partial charge in [-0.05, 0) is 17.7 Å². The van der Waals surface area contributed by atoms with Crippen molar-refractivity contribution in [2.24, 2.45) is 0 Å². The van der Waals surface area contributed by atoms with E-state index >= 15 is 0 Å². The molecular formula is C15H14N2O2. The highest BCUT2D eigenvalue weighted by Gasteiger charge is 2.31. The van der Waals surface area contributed by atoms with Crippen molar-refractivity contribution >= 4 is 17.3 Å². The molecule has 0 saturated heterocycles. The third-order valence-electron chi connectivity index (χ3n) is 3.24. The number of fused-ring (bicyclic) bond motifs is 1. The Morgan fingerprint density at radius 3 is 2.26 bits per heavy atom. The van der Waals surface area contributed by atoms with Crippen molar-refractivity contribution in [3.05, 3.63) is 60.2 Å². The summed E-state index contributed by atoms with van der Waals surface area (Å²) in [6.07, 6.45) is -1.13. The van der Waals surface area contributed by atoms with Gasteiger partial charge in [-0.3, -0.25) is 4.79 Å². The first-order valence-corrected chi connectivity index (χ1v) is 6.15. The molecule has 4 nitrogen and oxygen atoms in total. The van der Waals surface area contributed by atoms with Crippen LogP contribution in [-0.4, -0.2) is 17.1 Å². The standard InChI is InChI=1S/C15H14N2O2/c18-14-13(10-6-2-1-3-7-10)16-11-8-4-5-9-12(11)17-15(14)19/h1-9,13-14,16,18H,(H,17,19). The third-order valence-corrected chi connectivity index (χ3v) is 3.24. The summed E-state index contributed by atoms with van der Waals surface area (Å²) in [5, 5.41) is 16.1. The highest BCUT2D eigenvalue weighted by Crippen LogP contribution is 2.31. The number of rotatable bonds is 1. The molecule has 1 heterocycles. The molecule has 2 atom stereocenters. The minimum atomic E-state index is -1.13. The lowest BCUT2D eigenvalue weighted by Crippen LogP contribution is -2.34. The Morgan fingerprint density at radius 2 is 1.53 bits per heavy atom. The van der Waals surface area contributed by atoms with Gasteiger partial charge in [-0.15, -0.1) is 0 Å². The van der Waals surface area contributed by atoms with Crippen LogP contribution < -0.4 is 10.6 Å². The normalized spacial score (nSPS) is 21.8. The van der Waals surface area contributed by atoms with Crippen LogP contribution in [0.15, 0.2) is 54.6 Å². The molecule has 19 heavy (non-hydrogen) atoms. The zero-order chi connectivity index (χ0) is 13.2. The molecule has 2 unspecified atom stereocenters. The molecule has 0 aromatic heterocycles. The molecule has 2 aromatic rings. The Balaban J connectivity index is 2.03. The van der Waals surface area contributed by atoms with Crippen molar-refractivity contribution in [3.8, 4) is 0 Å². The summed E-state index contributed by atoms with van der Waals surface area (Å²) in [6, 6.07) is 16.4. The topological polar surface area (TPSA) is 61.4 Å². The quantitative estimate of drug-likeness (QED) is 0.730. The summed E-state index contributed by atoms with van der Waals surface area (Å²) in [5.41, 5.74) is 2.37. The van der Waals surface area contributed by atoms with Gasteiger partial charge in [0.25, 0.3) is 5.91 Å². The molecule has 1 amide bonds.